The zero-order chi connectivity index (χ0) is 13.3. The van der Waals surface area contributed by atoms with Crippen LogP contribution in [0.5, 0.6) is 0 Å². The van der Waals surface area contributed by atoms with E-state index < -0.39 is 23.9 Å². The lowest BCUT2D eigenvalue weighted by molar-refractivity contribution is 0.116. The van der Waals surface area contributed by atoms with E-state index in [1.807, 2.05) is 0 Å². The summed E-state index contributed by atoms with van der Waals surface area (Å²) in [5.41, 5.74) is 0. The molecule has 0 spiro atoms. The Bertz CT molecular complexity index is 430. The summed E-state index contributed by atoms with van der Waals surface area (Å²) in [6.45, 7) is 0. The number of rotatable bonds is 0. The van der Waals surface area contributed by atoms with Gasteiger partial charge >= 0.3 is 9.17 Å². The molecule has 0 aromatic heterocycles. The van der Waals surface area contributed by atoms with E-state index in [1.54, 1.807) is 0 Å². The molecule has 0 amide bonds. The van der Waals surface area contributed by atoms with E-state index in [-0.39, 0.29) is 0 Å². The van der Waals surface area contributed by atoms with Crippen LogP contribution in [0, 0.1) is 0 Å². The number of halogens is 8. The van der Waals surface area contributed by atoms with Gasteiger partial charge in [0.1, 0.15) is 0 Å². The largest absolute Gasteiger partial charge is 0.386 e. The Morgan fingerprint density at radius 1 is 0.750 bits per heavy atom. The summed E-state index contributed by atoms with van der Waals surface area (Å²) < 4.78 is 51.9. The topological polar surface area (TPSA) is 24.7 Å². The van der Waals surface area contributed by atoms with Crippen LogP contribution < -0.4 is 0 Å². The van der Waals surface area contributed by atoms with Crippen molar-refractivity contribution < 1.29 is 17.6 Å². The van der Waals surface area contributed by atoms with Crippen molar-refractivity contribution in [3.05, 3.63) is 0 Å². The highest BCUT2D eigenvalue weighted by Crippen LogP contribution is 2.89. The fourth-order valence-corrected chi connectivity index (χ4v) is 19.2. The third-order valence-electron chi connectivity index (χ3n) is 2.26. The predicted octanol–water partition coefficient (Wildman–Crippen LogP) is 4.72. The maximum Gasteiger partial charge on any atom is 0.386 e. The minimum Gasteiger partial charge on any atom is -0.249 e. The van der Waals surface area contributed by atoms with Crippen molar-refractivity contribution in [1.82, 2.24) is 0 Å². The lowest BCUT2D eigenvalue weighted by Gasteiger charge is -2.67. The van der Waals surface area contributed by atoms with Gasteiger partial charge in [0.15, 0.2) is 0 Å². The Balaban J connectivity index is 3.92. The molecule has 1 fully saturated rings. The molecule has 0 radical (unpaired) electrons. The van der Waals surface area contributed by atoms with Gasteiger partial charge < -0.3 is 0 Å². The van der Waals surface area contributed by atoms with Crippen molar-refractivity contribution >= 4 is 57.5 Å². The van der Waals surface area contributed by atoms with Gasteiger partial charge in [-0.25, -0.2) is 8.73 Å². The molecule has 1 saturated heterocycles. The third-order valence-corrected chi connectivity index (χ3v) is 19.2. The molecule has 2 nitrogen and oxygen atoms in total. The molecule has 0 N–H and O–H groups in total. The Morgan fingerprint density at radius 2 is 0.938 bits per heavy atom. The van der Waals surface area contributed by atoms with E-state index >= 15 is 0 Å². The molecule has 0 bridgehead atoms. The second-order valence-corrected chi connectivity index (χ2v) is 17.5. The molecule has 0 unspecified atom stereocenters. The molecule has 12 heteroatoms. The van der Waals surface area contributed by atoms with Crippen LogP contribution in [0.4, 0.5) is 17.6 Å². The Morgan fingerprint density at radius 3 is 1.06 bits per heavy atom. The lowest BCUT2D eigenvalue weighted by atomic mass is 11.5. The van der Waals surface area contributed by atoms with Crippen LogP contribution in [0.2, 0.25) is 0 Å². The van der Waals surface area contributed by atoms with Crippen molar-refractivity contribution in [3.63, 3.8) is 0 Å². The molecular formula is C4H6Cl4F4N2S2. The van der Waals surface area contributed by atoms with Crippen LogP contribution in [0.25, 0.3) is 0 Å². The zero-order valence-electron chi connectivity index (χ0n) is 7.73. The highest BCUT2D eigenvalue weighted by atomic mass is 36.0. The smallest absolute Gasteiger partial charge is 0.249 e. The van der Waals surface area contributed by atoms with Gasteiger partial charge in [0.2, 0.25) is 0 Å². The normalized spacial score (nSPS) is 39.9. The predicted molar refractivity (Wildman–Crippen MR) is 64.7 cm³/mol. The standard InChI is InChI=1S/C4H6Cl4F4N2S2/c1-13-15(5,6)3(9,10)16(7,8,14-2)4(15,11)12/h1-2H3. The highest BCUT2D eigenvalue weighted by Gasteiger charge is 2.98. The van der Waals surface area contributed by atoms with Gasteiger partial charge in [-0.1, -0.05) is 0 Å². The van der Waals surface area contributed by atoms with Crippen LogP contribution in [-0.2, 0) is 14.8 Å². The van der Waals surface area contributed by atoms with Crippen LogP contribution >= 0.6 is 42.7 Å². The summed E-state index contributed by atoms with van der Waals surface area (Å²) in [6.07, 6.45) is 0. The molecule has 1 aliphatic heterocycles. The van der Waals surface area contributed by atoms with Crippen molar-refractivity contribution in [2.75, 3.05) is 14.1 Å². The minimum absolute atomic E-state index is 0.666. The van der Waals surface area contributed by atoms with E-state index in [1.165, 1.54) is 0 Å². The fourth-order valence-electron chi connectivity index (χ4n) is 1.15. The second-order valence-electron chi connectivity index (χ2n) is 2.87. The number of hydrogen-bond acceptors (Lipinski definition) is 2. The molecule has 1 aliphatic rings. The van der Waals surface area contributed by atoms with Crippen molar-refractivity contribution in [3.8, 4) is 0 Å². The lowest BCUT2D eigenvalue weighted by Crippen LogP contribution is -2.80. The average molecular weight is 364 g/mol. The molecule has 1 rings (SSSR count). The average Bonchev–Trinajstić information content (AvgIpc) is 2.16. The summed E-state index contributed by atoms with van der Waals surface area (Å²) in [5.74, 6) is 0. The SMILES string of the molecule is CN=S1(Cl)(Cl)C(F)(F)S(Cl)(Cl)(=NC)C1(F)F. The Kier molecular flexibility index (Phi) is 2.87. The van der Waals surface area contributed by atoms with Gasteiger partial charge in [0, 0.05) is 14.1 Å². The van der Waals surface area contributed by atoms with Crippen molar-refractivity contribution in [2.45, 2.75) is 9.17 Å². The zero-order valence-corrected chi connectivity index (χ0v) is 12.4. The Hall–Kier alpha value is 1.18. The quantitative estimate of drug-likeness (QED) is 0.556. The maximum absolute atomic E-state index is 13.8. The minimum atomic E-state index is -5.77. The second kappa shape index (κ2) is 3.01. The molecule has 0 atom stereocenters. The first-order chi connectivity index (χ1) is 6.73. The molecule has 16 heavy (non-hydrogen) atoms. The first-order valence-electron chi connectivity index (χ1n) is 3.45. The number of hydrogen-bond donors (Lipinski definition) is 0. The van der Waals surface area contributed by atoms with E-state index in [4.69, 9.17) is 42.7 Å². The summed E-state index contributed by atoms with van der Waals surface area (Å²) in [6, 6.07) is 0. The van der Waals surface area contributed by atoms with E-state index in [0.717, 1.165) is 0 Å². The highest BCUT2D eigenvalue weighted by molar-refractivity contribution is 8.81. The van der Waals surface area contributed by atoms with E-state index in [2.05, 4.69) is 8.73 Å². The fraction of sp³-hybridized carbons (Fsp3) is 1.00. The van der Waals surface area contributed by atoms with Crippen LogP contribution in [0.15, 0.2) is 8.73 Å². The van der Waals surface area contributed by atoms with Crippen molar-refractivity contribution in [2.24, 2.45) is 8.73 Å². The number of alkyl halides is 4. The molecule has 0 aromatic rings. The van der Waals surface area contributed by atoms with E-state index in [0.29, 0.717) is 14.1 Å². The summed E-state index contributed by atoms with van der Waals surface area (Å²) >= 11 is 0. The van der Waals surface area contributed by atoms with Crippen LogP contribution in [0.1, 0.15) is 0 Å². The first-order valence-corrected chi connectivity index (χ1v) is 10.8. The Labute approximate surface area is 107 Å². The molecule has 0 aliphatic carbocycles. The van der Waals surface area contributed by atoms with Gasteiger partial charge in [0.25, 0.3) is 0 Å². The van der Waals surface area contributed by atoms with E-state index in [9.17, 15) is 17.6 Å². The third kappa shape index (κ3) is 0.934. The number of nitrogens with zero attached hydrogens (tertiary/aromatic N) is 2. The van der Waals surface area contributed by atoms with Crippen LogP contribution in [-0.4, -0.2) is 23.3 Å². The van der Waals surface area contributed by atoms with Gasteiger partial charge in [-0.15, -0.1) is 0 Å². The first kappa shape index (κ1) is 15.2. The van der Waals surface area contributed by atoms with Gasteiger partial charge in [-0.2, -0.15) is 17.6 Å². The van der Waals surface area contributed by atoms with Gasteiger partial charge in [-0.05, 0) is 42.7 Å². The molecular weight excluding hydrogens is 358 g/mol. The molecule has 0 saturated carbocycles. The monoisotopic (exact) mass is 362 g/mol. The van der Waals surface area contributed by atoms with Crippen LogP contribution in [0.3, 0.4) is 0 Å². The van der Waals surface area contributed by atoms with Crippen molar-refractivity contribution in [1.29, 1.82) is 0 Å². The van der Waals surface area contributed by atoms with Gasteiger partial charge in [-0.3, -0.25) is 0 Å². The molecule has 100 valence electrons. The van der Waals surface area contributed by atoms with Gasteiger partial charge in [0.05, 0.1) is 14.8 Å². The maximum atomic E-state index is 13.8. The summed E-state index contributed by atoms with van der Waals surface area (Å²) in [7, 11) is 10.6. The molecule has 0 aromatic carbocycles. The molecule has 1 heterocycles. The summed E-state index contributed by atoms with van der Waals surface area (Å²) in [4.78, 5) is 0. The summed E-state index contributed by atoms with van der Waals surface area (Å²) in [5, 5.41) is 0.